The van der Waals surface area contributed by atoms with E-state index in [-0.39, 0.29) is 0 Å². The van der Waals surface area contributed by atoms with E-state index in [0.29, 0.717) is 11.8 Å². The lowest BCUT2D eigenvalue weighted by Crippen LogP contribution is -2.46. The second-order valence-corrected chi connectivity index (χ2v) is 7.34. The second kappa shape index (κ2) is 6.81. The zero-order valence-corrected chi connectivity index (χ0v) is 15.5. The number of nitrogens with zero attached hydrogens (tertiary/aromatic N) is 5. The molecule has 2 fully saturated rings. The van der Waals surface area contributed by atoms with Crippen molar-refractivity contribution in [3.63, 3.8) is 0 Å². The Labute approximate surface area is 157 Å². The van der Waals surface area contributed by atoms with E-state index in [2.05, 4.69) is 43.1 Å². The van der Waals surface area contributed by atoms with Crippen LogP contribution >= 0.6 is 0 Å². The third-order valence-electron chi connectivity index (χ3n) is 5.46. The lowest BCUT2D eigenvalue weighted by Gasteiger charge is -2.35. The summed E-state index contributed by atoms with van der Waals surface area (Å²) in [5, 5.41) is 5.20. The van der Waals surface area contributed by atoms with Crippen molar-refractivity contribution in [3.05, 3.63) is 42.0 Å². The van der Waals surface area contributed by atoms with Crippen molar-refractivity contribution in [3.8, 4) is 5.88 Å². The van der Waals surface area contributed by atoms with Gasteiger partial charge >= 0.3 is 0 Å². The first-order chi connectivity index (χ1) is 13.3. The van der Waals surface area contributed by atoms with Gasteiger partial charge in [-0.25, -0.2) is 9.97 Å². The second-order valence-electron chi connectivity index (χ2n) is 7.34. The Morgan fingerprint density at radius 3 is 2.74 bits per heavy atom. The molecule has 2 aliphatic rings. The van der Waals surface area contributed by atoms with Crippen molar-refractivity contribution in [1.82, 2.24) is 20.0 Å². The number of aromatic nitrogens is 3. The van der Waals surface area contributed by atoms with Crippen LogP contribution in [0, 0.1) is 0 Å². The van der Waals surface area contributed by atoms with Gasteiger partial charge in [-0.05, 0) is 31.0 Å². The van der Waals surface area contributed by atoms with E-state index in [1.54, 1.807) is 7.11 Å². The summed E-state index contributed by atoms with van der Waals surface area (Å²) >= 11 is 0. The summed E-state index contributed by atoms with van der Waals surface area (Å²) in [7, 11) is 1.64. The van der Waals surface area contributed by atoms with Crippen LogP contribution in [-0.2, 0) is 6.54 Å². The molecule has 0 spiro atoms. The highest BCUT2D eigenvalue weighted by atomic mass is 16.5. The summed E-state index contributed by atoms with van der Waals surface area (Å²) in [6.45, 7) is 4.84. The van der Waals surface area contributed by atoms with Crippen molar-refractivity contribution >= 4 is 16.6 Å². The zero-order chi connectivity index (χ0) is 18.2. The van der Waals surface area contributed by atoms with Gasteiger partial charge in [0.15, 0.2) is 0 Å². The molecule has 5 rings (SSSR count). The first-order valence-electron chi connectivity index (χ1n) is 9.52. The van der Waals surface area contributed by atoms with Crippen LogP contribution in [0.5, 0.6) is 5.88 Å². The van der Waals surface area contributed by atoms with E-state index < -0.39 is 0 Å². The largest absolute Gasteiger partial charge is 0.480 e. The Hall–Kier alpha value is -2.67. The quantitative estimate of drug-likeness (QED) is 0.689. The van der Waals surface area contributed by atoms with Crippen LogP contribution in [-0.4, -0.2) is 53.3 Å². The molecule has 1 aliphatic carbocycles. The van der Waals surface area contributed by atoms with Crippen LogP contribution in [0.3, 0.4) is 0 Å². The summed E-state index contributed by atoms with van der Waals surface area (Å²) < 4.78 is 10.9. The molecule has 0 amide bonds. The maximum atomic E-state index is 5.47. The molecule has 3 heterocycles. The van der Waals surface area contributed by atoms with Gasteiger partial charge in [0.05, 0.1) is 23.7 Å². The molecule has 0 N–H and O–H groups in total. The van der Waals surface area contributed by atoms with Crippen LogP contribution in [0.4, 0.5) is 5.69 Å². The van der Waals surface area contributed by atoms with Gasteiger partial charge in [-0.3, -0.25) is 4.90 Å². The minimum absolute atomic E-state index is 0.622. The average molecular weight is 365 g/mol. The molecule has 1 aliphatic heterocycles. The van der Waals surface area contributed by atoms with Gasteiger partial charge in [-0.15, -0.1) is 0 Å². The number of hydrogen-bond acceptors (Lipinski definition) is 7. The van der Waals surface area contributed by atoms with Gasteiger partial charge in [-0.2, -0.15) is 0 Å². The Kier molecular flexibility index (Phi) is 4.16. The first kappa shape index (κ1) is 16.5. The van der Waals surface area contributed by atoms with Gasteiger partial charge < -0.3 is 14.2 Å². The van der Waals surface area contributed by atoms with Crippen LogP contribution in [0.15, 0.2) is 35.1 Å². The molecular weight excluding hydrogens is 342 g/mol. The van der Waals surface area contributed by atoms with Crippen molar-refractivity contribution in [2.45, 2.75) is 25.3 Å². The fourth-order valence-electron chi connectivity index (χ4n) is 3.74. The molecule has 1 saturated carbocycles. The fourth-order valence-corrected chi connectivity index (χ4v) is 3.74. The lowest BCUT2D eigenvalue weighted by molar-refractivity contribution is 0.241. The van der Waals surface area contributed by atoms with E-state index in [9.17, 15) is 0 Å². The summed E-state index contributed by atoms with van der Waals surface area (Å²) in [5.41, 5.74) is 3.15. The number of piperazine rings is 1. The SMILES string of the molecule is COc1ncnc2ccc(N3CCN(Cc4cc(C5CC5)on4)CC3)cc12. The Morgan fingerprint density at radius 2 is 1.96 bits per heavy atom. The van der Waals surface area contributed by atoms with Crippen molar-refractivity contribution in [2.24, 2.45) is 0 Å². The summed E-state index contributed by atoms with van der Waals surface area (Å²) in [5.74, 6) is 2.31. The number of benzene rings is 1. The molecule has 7 heteroatoms. The molecular formula is C20H23N5O2. The Balaban J connectivity index is 1.25. The molecule has 7 nitrogen and oxygen atoms in total. The molecule has 1 saturated heterocycles. The molecule has 0 radical (unpaired) electrons. The minimum Gasteiger partial charge on any atom is -0.480 e. The molecule has 1 aromatic carbocycles. The van der Waals surface area contributed by atoms with Crippen LogP contribution in [0.1, 0.15) is 30.2 Å². The van der Waals surface area contributed by atoms with Crippen molar-refractivity contribution < 1.29 is 9.26 Å². The minimum atomic E-state index is 0.622. The van der Waals surface area contributed by atoms with Crippen LogP contribution in [0.25, 0.3) is 10.9 Å². The average Bonchev–Trinajstić information content (AvgIpc) is 3.47. The van der Waals surface area contributed by atoms with E-state index in [1.165, 1.54) is 24.9 Å². The highest BCUT2D eigenvalue weighted by Crippen LogP contribution is 2.40. The number of anilines is 1. The molecule has 140 valence electrons. The first-order valence-corrected chi connectivity index (χ1v) is 9.52. The van der Waals surface area contributed by atoms with Gasteiger partial charge in [0.2, 0.25) is 5.88 Å². The Morgan fingerprint density at radius 1 is 1.11 bits per heavy atom. The monoisotopic (exact) mass is 365 g/mol. The molecule has 2 aromatic heterocycles. The van der Waals surface area contributed by atoms with Gasteiger partial charge in [0.25, 0.3) is 0 Å². The Bertz CT molecular complexity index is 944. The smallest absolute Gasteiger partial charge is 0.224 e. The van der Waals surface area contributed by atoms with E-state index in [4.69, 9.17) is 9.26 Å². The van der Waals surface area contributed by atoms with E-state index in [0.717, 1.165) is 55.1 Å². The highest BCUT2D eigenvalue weighted by Gasteiger charge is 2.28. The third-order valence-corrected chi connectivity index (χ3v) is 5.46. The third kappa shape index (κ3) is 3.35. The maximum Gasteiger partial charge on any atom is 0.224 e. The number of fused-ring (bicyclic) bond motifs is 1. The number of methoxy groups -OCH3 is 1. The van der Waals surface area contributed by atoms with Crippen molar-refractivity contribution in [1.29, 1.82) is 0 Å². The summed E-state index contributed by atoms with van der Waals surface area (Å²) in [6.07, 6.45) is 4.03. The number of ether oxygens (including phenoxy) is 1. The maximum absolute atomic E-state index is 5.47. The molecule has 0 atom stereocenters. The van der Waals surface area contributed by atoms with Crippen LogP contribution < -0.4 is 9.64 Å². The van der Waals surface area contributed by atoms with Crippen LogP contribution in [0.2, 0.25) is 0 Å². The standard InChI is InChI=1S/C20H23N5O2/c1-26-20-17-11-16(4-5-18(17)21-13-22-20)25-8-6-24(7-9-25)12-15-10-19(27-23-15)14-2-3-14/h4-5,10-11,13-14H,2-3,6-9,12H2,1H3. The fraction of sp³-hybridized carbons (Fsp3) is 0.450. The topological polar surface area (TPSA) is 67.5 Å². The summed E-state index contributed by atoms with van der Waals surface area (Å²) in [4.78, 5) is 13.4. The predicted molar refractivity (Wildman–Crippen MR) is 102 cm³/mol. The van der Waals surface area contributed by atoms with Gasteiger partial charge in [0, 0.05) is 50.4 Å². The molecule has 3 aromatic rings. The lowest BCUT2D eigenvalue weighted by atomic mass is 10.2. The molecule has 27 heavy (non-hydrogen) atoms. The number of hydrogen-bond donors (Lipinski definition) is 0. The van der Waals surface area contributed by atoms with E-state index in [1.807, 2.05) is 6.07 Å². The molecule has 0 bridgehead atoms. The summed E-state index contributed by atoms with van der Waals surface area (Å²) in [6, 6.07) is 8.43. The number of rotatable bonds is 5. The van der Waals surface area contributed by atoms with Gasteiger partial charge in [0.1, 0.15) is 12.1 Å². The molecule has 0 unspecified atom stereocenters. The zero-order valence-electron chi connectivity index (χ0n) is 15.5. The highest BCUT2D eigenvalue weighted by molar-refractivity contribution is 5.86. The normalized spacial score (nSPS) is 18.2. The van der Waals surface area contributed by atoms with Crippen molar-refractivity contribution in [2.75, 3.05) is 38.2 Å². The van der Waals surface area contributed by atoms with Gasteiger partial charge in [-0.1, -0.05) is 5.16 Å². The van der Waals surface area contributed by atoms with E-state index >= 15 is 0 Å². The predicted octanol–water partition coefficient (Wildman–Crippen LogP) is 2.83.